The maximum Gasteiger partial charge on any atom is 0.418 e. The number of benzene rings is 2. The minimum absolute atomic E-state index is 0.321. The highest BCUT2D eigenvalue weighted by atomic mass is 19.4. The molecule has 0 bridgehead atoms. The van der Waals surface area contributed by atoms with Crippen LogP contribution in [0, 0.1) is 5.82 Å². The van der Waals surface area contributed by atoms with Crippen molar-refractivity contribution in [2.75, 3.05) is 5.73 Å². The molecule has 0 aliphatic carbocycles. The number of carbonyl (C=O) groups is 1. The fourth-order valence-electron chi connectivity index (χ4n) is 1.80. The van der Waals surface area contributed by atoms with Crippen molar-refractivity contribution in [3.63, 3.8) is 0 Å². The molecule has 2 aromatic carbocycles. The molecular weight excluding hydrogens is 274 g/mol. The molecule has 0 aliphatic rings. The van der Waals surface area contributed by atoms with Crippen molar-refractivity contribution >= 4 is 11.5 Å². The van der Waals surface area contributed by atoms with Crippen LogP contribution in [0.25, 0.3) is 0 Å². The molecule has 0 fully saturated rings. The van der Waals surface area contributed by atoms with E-state index in [0.717, 1.165) is 24.3 Å². The van der Waals surface area contributed by atoms with Gasteiger partial charge in [0.05, 0.1) is 16.8 Å². The van der Waals surface area contributed by atoms with E-state index in [1.807, 2.05) is 0 Å². The number of alkyl halides is 3. The average Bonchev–Trinajstić information content (AvgIpc) is 2.37. The monoisotopic (exact) mass is 283 g/mol. The molecule has 0 aliphatic heterocycles. The standard InChI is InChI=1S/C14H9F4NO/c15-11-7-2-1-4-8(11)13(20)9-5-3-6-10(12(9)19)14(16,17)18/h1-7H,19H2. The van der Waals surface area contributed by atoms with Crippen molar-refractivity contribution in [1.29, 1.82) is 0 Å². The lowest BCUT2D eigenvalue weighted by atomic mass is 9.98. The molecule has 2 nitrogen and oxygen atoms in total. The van der Waals surface area contributed by atoms with Crippen molar-refractivity contribution in [3.8, 4) is 0 Å². The molecule has 2 N–H and O–H groups in total. The van der Waals surface area contributed by atoms with Gasteiger partial charge in [-0.05, 0) is 24.3 Å². The van der Waals surface area contributed by atoms with E-state index in [9.17, 15) is 22.4 Å². The summed E-state index contributed by atoms with van der Waals surface area (Å²) in [6.07, 6.45) is -4.67. The lowest BCUT2D eigenvalue weighted by Crippen LogP contribution is -2.14. The van der Waals surface area contributed by atoms with Crippen LogP contribution in [0.4, 0.5) is 23.2 Å². The number of carbonyl (C=O) groups excluding carboxylic acids is 1. The molecule has 0 heterocycles. The zero-order chi connectivity index (χ0) is 14.9. The van der Waals surface area contributed by atoms with Gasteiger partial charge >= 0.3 is 6.18 Å². The van der Waals surface area contributed by atoms with Gasteiger partial charge in [-0.1, -0.05) is 18.2 Å². The van der Waals surface area contributed by atoms with Crippen LogP contribution >= 0.6 is 0 Å². The highest BCUT2D eigenvalue weighted by Gasteiger charge is 2.34. The van der Waals surface area contributed by atoms with Crippen LogP contribution in [-0.2, 0) is 6.18 Å². The summed E-state index contributed by atoms with van der Waals surface area (Å²) in [4.78, 5) is 12.1. The van der Waals surface area contributed by atoms with E-state index in [1.54, 1.807) is 0 Å². The third-order valence-electron chi connectivity index (χ3n) is 2.77. The summed E-state index contributed by atoms with van der Waals surface area (Å²) in [6.45, 7) is 0. The molecular formula is C14H9F4NO. The predicted octanol–water partition coefficient (Wildman–Crippen LogP) is 3.66. The first-order valence-corrected chi connectivity index (χ1v) is 5.57. The quantitative estimate of drug-likeness (QED) is 0.519. The molecule has 0 unspecified atom stereocenters. The Bertz CT molecular complexity index is 664. The van der Waals surface area contributed by atoms with E-state index in [-0.39, 0.29) is 11.1 Å². The maximum absolute atomic E-state index is 13.5. The van der Waals surface area contributed by atoms with Crippen LogP contribution in [0.5, 0.6) is 0 Å². The number of para-hydroxylation sites is 1. The van der Waals surface area contributed by atoms with E-state index in [2.05, 4.69) is 0 Å². The van der Waals surface area contributed by atoms with Gasteiger partial charge in [-0.15, -0.1) is 0 Å². The van der Waals surface area contributed by atoms with Gasteiger partial charge in [0.15, 0.2) is 5.78 Å². The maximum atomic E-state index is 13.5. The molecule has 20 heavy (non-hydrogen) atoms. The van der Waals surface area contributed by atoms with Crippen LogP contribution < -0.4 is 5.73 Å². The summed E-state index contributed by atoms with van der Waals surface area (Å²) in [5.41, 5.74) is 2.89. The van der Waals surface area contributed by atoms with E-state index in [4.69, 9.17) is 5.73 Å². The van der Waals surface area contributed by atoms with Gasteiger partial charge in [0, 0.05) is 5.56 Å². The lowest BCUT2D eigenvalue weighted by molar-refractivity contribution is -0.136. The Morgan fingerprint density at radius 2 is 1.55 bits per heavy atom. The van der Waals surface area contributed by atoms with Gasteiger partial charge in [0.25, 0.3) is 0 Å². The first-order chi connectivity index (χ1) is 9.32. The number of anilines is 1. The Labute approximate surface area is 111 Å². The Hall–Kier alpha value is -2.37. The minimum atomic E-state index is -4.67. The molecule has 2 rings (SSSR count). The third kappa shape index (κ3) is 2.49. The fourth-order valence-corrected chi connectivity index (χ4v) is 1.80. The third-order valence-corrected chi connectivity index (χ3v) is 2.77. The second-order valence-electron chi connectivity index (χ2n) is 4.07. The number of nitrogen functional groups attached to an aromatic ring is 1. The molecule has 0 atom stereocenters. The number of nitrogens with two attached hydrogens (primary N) is 1. The summed E-state index contributed by atoms with van der Waals surface area (Å²) in [6, 6.07) is 8.01. The van der Waals surface area contributed by atoms with Crippen molar-refractivity contribution < 1.29 is 22.4 Å². The highest BCUT2D eigenvalue weighted by molar-refractivity contribution is 6.12. The SMILES string of the molecule is Nc1c(C(=O)c2ccccc2F)cccc1C(F)(F)F. The molecule has 0 saturated heterocycles. The summed E-state index contributed by atoms with van der Waals surface area (Å²) in [5.74, 6) is -1.69. The van der Waals surface area contributed by atoms with Gasteiger partial charge in [0.2, 0.25) is 0 Å². The van der Waals surface area contributed by atoms with Gasteiger partial charge in [-0.3, -0.25) is 4.79 Å². The smallest absolute Gasteiger partial charge is 0.398 e. The van der Waals surface area contributed by atoms with E-state index < -0.39 is 29.0 Å². The zero-order valence-electron chi connectivity index (χ0n) is 10.0. The second kappa shape index (κ2) is 4.96. The number of rotatable bonds is 2. The Morgan fingerprint density at radius 1 is 0.950 bits per heavy atom. The Morgan fingerprint density at radius 3 is 2.15 bits per heavy atom. The first kappa shape index (κ1) is 14.0. The molecule has 0 spiro atoms. The molecule has 2 aromatic rings. The highest BCUT2D eigenvalue weighted by Crippen LogP contribution is 2.35. The predicted molar refractivity (Wildman–Crippen MR) is 65.7 cm³/mol. The van der Waals surface area contributed by atoms with Crippen LogP contribution in [0.2, 0.25) is 0 Å². The lowest BCUT2D eigenvalue weighted by Gasteiger charge is -2.13. The Kier molecular flexibility index (Phi) is 3.48. The van der Waals surface area contributed by atoms with Crippen LogP contribution in [0.1, 0.15) is 21.5 Å². The minimum Gasteiger partial charge on any atom is -0.398 e. The van der Waals surface area contributed by atoms with Crippen molar-refractivity contribution in [2.45, 2.75) is 6.18 Å². The van der Waals surface area contributed by atoms with Gasteiger partial charge in [0.1, 0.15) is 5.82 Å². The molecule has 0 radical (unpaired) electrons. The molecule has 0 amide bonds. The molecule has 104 valence electrons. The summed E-state index contributed by atoms with van der Waals surface area (Å²) >= 11 is 0. The van der Waals surface area contributed by atoms with Crippen LogP contribution in [0.3, 0.4) is 0 Å². The number of halogens is 4. The van der Waals surface area contributed by atoms with E-state index >= 15 is 0 Å². The van der Waals surface area contributed by atoms with Gasteiger partial charge < -0.3 is 5.73 Å². The first-order valence-electron chi connectivity index (χ1n) is 5.57. The summed E-state index contributed by atoms with van der Waals surface area (Å²) in [5, 5.41) is 0. The fraction of sp³-hybridized carbons (Fsp3) is 0.0714. The van der Waals surface area contributed by atoms with Gasteiger partial charge in [-0.2, -0.15) is 13.2 Å². The number of hydrogen-bond donors (Lipinski definition) is 1. The Balaban J connectivity index is 2.55. The van der Waals surface area contributed by atoms with Crippen molar-refractivity contribution in [3.05, 3.63) is 65.0 Å². The van der Waals surface area contributed by atoms with Crippen LogP contribution in [0.15, 0.2) is 42.5 Å². The topological polar surface area (TPSA) is 43.1 Å². The van der Waals surface area contributed by atoms with Crippen LogP contribution in [-0.4, -0.2) is 5.78 Å². The average molecular weight is 283 g/mol. The normalized spacial score (nSPS) is 11.4. The van der Waals surface area contributed by atoms with E-state index in [0.29, 0.717) is 0 Å². The van der Waals surface area contributed by atoms with Gasteiger partial charge in [-0.25, -0.2) is 4.39 Å². The number of ketones is 1. The van der Waals surface area contributed by atoms with Crippen molar-refractivity contribution in [2.24, 2.45) is 0 Å². The zero-order valence-corrected chi connectivity index (χ0v) is 10.0. The van der Waals surface area contributed by atoms with E-state index in [1.165, 1.54) is 18.2 Å². The summed E-state index contributed by atoms with van der Waals surface area (Å²) in [7, 11) is 0. The largest absolute Gasteiger partial charge is 0.418 e. The van der Waals surface area contributed by atoms with Crippen molar-refractivity contribution in [1.82, 2.24) is 0 Å². The molecule has 0 aromatic heterocycles. The number of hydrogen-bond acceptors (Lipinski definition) is 2. The second-order valence-corrected chi connectivity index (χ2v) is 4.07. The summed E-state index contributed by atoms with van der Waals surface area (Å²) < 4.78 is 51.6. The molecule has 0 saturated carbocycles. The molecule has 6 heteroatoms.